The number of ether oxygens (including phenoxy) is 1. The summed E-state index contributed by atoms with van der Waals surface area (Å²) in [4.78, 5) is 25.1. The van der Waals surface area contributed by atoms with E-state index in [0.717, 1.165) is 6.07 Å². The van der Waals surface area contributed by atoms with E-state index < -0.39 is 35.4 Å². The van der Waals surface area contributed by atoms with E-state index in [0.29, 0.717) is 5.69 Å². The second kappa shape index (κ2) is 8.99. The number of rotatable bonds is 5. The predicted octanol–water partition coefficient (Wildman–Crippen LogP) is 6.15. The van der Waals surface area contributed by atoms with E-state index in [4.69, 9.17) is 20.8 Å². The average Bonchev–Trinajstić information content (AvgIpc) is 2.78. The van der Waals surface area contributed by atoms with Crippen LogP contribution < -0.4 is 15.5 Å². The molecule has 4 rings (SSSR count). The molecular weight excluding hydrogens is 459 g/mol. The Labute approximate surface area is 190 Å². The molecule has 5 nitrogen and oxygen atoms in total. The van der Waals surface area contributed by atoms with Crippen LogP contribution in [0.25, 0.3) is 22.1 Å². The lowest BCUT2D eigenvalue weighted by Crippen LogP contribution is -2.20. The van der Waals surface area contributed by atoms with Gasteiger partial charge in [0.05, 0.1) is 10.9 Å². The third-order valence-corrected chi connectivity index (χ3v) is 5.02. The third kappa shape index (κ3) is 4.85. The number of carbonyl (C=O) groups is 1. The molecule has 0 atom stereocenters. The van der Waals surface area contributed by atoms with Crippen molar-refractivity contribution in [2.75, 3.05) is 11.9 Å². The van der Waals surface area contributed by atoms with Crippen LogP contribution in [0.4, 0.5) is 18.9 Å². The number of alkyl halides is 3. The standard InChI is InChI=1S/C24H15ClF3NO4/c25-18-9-5-4-8-16(18)21-22(31)17-11-10-15(12-19(17)33-23(21)24(26,27)28)32-13-20(30)29-14-6-2-1-3-7-14/h1-12H,13H2,(H,29,30). The zero-order valence-electron chi connectivity index (χ0n) is 16.8. The highest BCUT2D eigenvalue weighted by molar-refractivity contribution is 6.33. The molecule has 3 aromatic carbocycles. The summed E-state index contributed by atoms with van der Waals surface area (Å²) in [6, 6.07) is 18.2. The van der Waals surface area contributed by atoms with E-state index in [2.05, 4.69) is 5.32 Å². The summed E-state index contributed by atoms with van der Waals surface area (Å²) in [5.74, 6) is -1.87. The van der Waals surface area contributed by atoms with Crippen molar-refractivity contribution in [3.8, 4) is 16.9 Å². The van der Waals surface area contributed by atoms with E-state index in [9.17, 15) is 22.8 Å². The fraction of sp³-hybridized carbons (Fsp3) is 0.0833. The lowest BCUT2D eigenvalue weighted by Gasteiger charge is -2.14. The van der Waals surface area contributed by atoms with Crippen LogP contribution in [-0.4, -0.2) is 12.5 Å². The van der Waals surface area contributed by atoms with Gasteiger partial charge in [0.2, 0.25) is 11.2 Å². The minimum absolute atomic E-state index is 0.0148. The molecule has 9 heteroatoms. The lowest BCUT2D eigenvalue weighted by molar-refractivity contribution is -0.152. The molecular formula is C24H15ClF3NO4. The van der Waals surface area contributed by atoms with Gasteiger partial charge in [-0.2, -0.15) is 13.2 Å². The van der Waals surface area contributed by atoms with Gasteiger partial charge in [-0.15, -0.1) is 0 Å². The van der Waals surface area contributed by atoms with Crippen LogP contribution in [0, 0.1) is 0 Å². The number of hydrogen-bond donors (Lipinski definition) is 1. The maximum absolute atomic E-state index is 13.8. The number of hydrogen-bond acceptors (Lipinski definition) is 4. The van der Waals surface area contributed by atoms with Gasteiger partial charge >= 0.3 is 6.18 Å². The summed E-state index contributed by atoms with van der Waals surface area (Å²) < 4.78 is 51.8. The van der Waals surface area contributed by atoms with E-state index in [1.54, 1.807) is 36.4 Å². The Bertz CT molecular complexity index is 1380. The molecule has 1 amide bonds. The van der Waals surface area contributed by atoms with E-state index in [-0.39, 0.29) is 27.3 Å². The zero-order chi connectivity index (χ0) is 23.6. The summed E-state index contributed by atoms with van der Waals surface area (Å²) in [6.45, 7) is -0.394. The predicted molar refractivity (Wildman–Crippen MR) is 118 cm³/mol. The van der Waals surface area contributed by atoms with Gasteiger partial charge in [-0.05, 0) is 30.3 Å². The Hall–Kier alpha value is -3.78. The molecule has 33 heavy (non-hydrogen) atoms. The van der Waals surface area contributed by atoms with Crippen LogP contribution in [0.5, 0.6) is 5.75 Å². The molecule has 0 bridgehead atoms. The molecule has 0 aliphatic carbocycles. The van der Waals surface area contributed by atoms with Gasteiger partial charge in [-0.3, -0.25) is 9.59 Å². The first-order valence-corrected chi connectivity index (χ1v) is 10.0. The summed E-state index contributed by atoms with van der Waals surface area (Å²) in [6.07, 6.45) is -4.95. The Morgan fingerprint density at radius 2 is 1.70 bits per heavy atom. The number of carbonyl (C=O) groups excluding carboxylic acids is 1. The largest absolute Gasteiger partial charge is 0.484 e. The van der Waals surface area contributed by atoms with Crippen molar-refractivity contribution in [3.63, 3.8) is 0 Å². The Balaban J connectivity index is 1.68. The highest BCUT2D eigenvalue weighted by Crippen LogP contribution is 2.39. The van der Waals surface area contributed by atoms with E-state index in [1.165, 1.54) is 30.3 Å². The molecule has 0 saturated carbocycles. The highest BCUT2D eigenvalue weighted by atomic mass is 35.5. The van der Waals surface area contributed by atoms with E-state index >= 15 is 0 Å². The van der Waals surface area contributed by atoms with Crippen LogP contribution >= 0.6 is 11.6 Å². The van der Waals surface area contributed by atoms with Gasteiger partial charge in [0.25, 0.3) is 5.91 Å². The van der Waals surface area contributed by atoms with Crippen molar-refractivity contribution in [1.29, 1.82) is 0 Å². The normalized spacial score (nSPS) is 11.4. The quantitative estimate of drug-likeness (QED) is 0.377. The van der Waals surface area contributed by atoms with Crippen LogP contribution in [0.3, 0.4) is 0 Å². The topological polar surface area (TPSA) is 68.5 Å². The molecule has 0 fully saturated rings. The minimum Gasteiger partial charge on any atom is -0.484 e. The summed E-state index contributed by atoms with van der Waals surface area (Å²) in [5.41, 5.74) is -1.40. The van der Waals surface area contributed by atoms with Crippen molar-refractivity contribution in [3.05, 3.63) is 93.8 Å². The summed E-state index contributed by atoms with van der Waals surface area (Å²) >= 11 is 6.05. The molecule has 1 heterocycles. The molecule has 0 saturated heterocycles. The van der Waals surface area contributed by atoms with Crippen molar-refractivity contribution in [2.24, 2.45) is 0 Å². The molecule has 1 N–H and O–H groups in total. The fourth-order valence-electron chi connectivity index (χ4n) is 3.24. The van der Waals surface area contributed by atoms with Crippen molar-refractivity contribution in [2.45, 2.75) is 6.18 Å². The van der Waals surface area contributed by atoms with Crippen LogP contribution in [0.15, 0.2) is 82.0 Å². The number of benzene rings is 3. The van der Waals surface area contributed by atoms with Gasteiger partial charge in [0.1, 0.15) is 11.3 Å². The van der Waals surface area contributed by atoms with Crippen molar-refractivity contribution < 1.29 is 27.1 Å². The number of fused-ring (bicyclic) bond motifs is 1. The first kappa shape index (κ1) is 22.4. The smallest absolute Gasteiger partial charge is 0.450 e. The van der Waals surface area contributed by atoms with Crippen LogP contribution in [0.1, 0.15) is 5.76 Å². The van der Waals surface area contributed by atoms with Gasteiger partial charge < -0.3 is 14.5 Å². The third-order valence-electron chi connectivity index (χ3n) is 4.69. The Morgan fingerprint density at radius 1 is 1.00 bits per heavy atom. The second-order valence-corrected chi connectivity index (χ2v) is 7.38. The maximum atomic E-state index is 13.8. The summed E-state index contributed by atoms with van der Waals surface area (Å²) in [7, 11) is 0. The molecule has 1 aromatic heterocycles. The van der Waals surface area contributed by atoms with Crippen molar-refractivity contribution in [1.82, 2.24) is 0 Å². The number of amides is 1. The SMILES string of the molecule is O=C(COc1ccc2c(=O)c(-c3ccccc3Cl)c(C(F)(F)F)oc2c1)Nc1ccccc1. The highest BCUT2D eigenvalue weighted by Gasteiger charge is 2.39. The average molecular weight is 474 g/mol. The molecule has 0 aliphatic heterocycles. The lowest BCUT2D eigenvalue weighted by atomic mass is 10.0. The zero-order valence-corrected chi connectivity index (χ0v) is 17.5. The van der Waals surface area contributed by atoms with Gasteiger partial charge in [0, 0.05) is 22.3 Å². The molecule has 4 aromatic rings. The Morgan fingerprint density at radius 3 is 2.39 bits per heavy atom. The molecule has 0 unspecified atom stereocenters. The van der Waals surface area contributed by atoms with E-state index in [1.807, 2.05) is 0 Å². The van der Waals surface area contributed by atoms with Crippen LogP contribution in [0.2, 0.25) is 5.02 Å². The minimum atomic E-state index is -4.95. The maximum Gasteiger partial charge on any atom is 0.450 e. The van der Waals surface area contributed by atoms with Crippen molar-refractivity contribution >= 4 is 34.2 Å². The molecule has 168 valence electrons. The van der Waals surface area contributed by atoms with Gasteiger partial charge in [-0.25, -0.2) is 0 Å². The molecule has 0 aliphatic rings. The van der Waals surface area contributed by atoms with Gasteiger partial charge in [-0.1, -0.05) is 48.0 Å². The van der Waals surface area contributed by atoms with Gasteiger partial charge in [0.15, 0.2) is 6.61 Å². The molecule has 0 radical (unpaired) electrons. The first-order chi connectivity index (χ1) is 15.7. The molecule has 0 spiro atoms. The fourth-order valence-corrected chi connectivity index (χ4v) is 3.47. The summed E-state index contributed by atoms with van der Waals surface area (Å²) in [5, 5.41) is 2.52. The Kier molecular flexibility index (Phi) is 6.11. The number of nitrogens with one attached hydrogen (secondary N) is 1. The second-order valence-electron chi connectivity index (χ2n) is 6.97. The van der Waals surface area contributed by atoms with Crippen LogP contribution in [-0.2, 0) is 11.0 Å². The number of halogens is 4. The number of para-hydroxylation sites is 1. The first-order valence-electron chi connectivity index (χ1n) is 9.64. The number of anilines is 1. The monoisotopic (exact) mass is 473 g/mol.